The van der Waals surface area contributed by atoms with Gasteiger partial charge in [0, 0.05) is 49.7 Å². The number of amides is 3. The average Bonchev–Trinajstić information content (AvgIpc) is 3.53. The van der Waals surface area contributed by atoms with Gasteiger partial charge in [-0.3, -0.25) is 19.5 Å². The molecular formula is C28H27N5O3S. The van der Waals surface area contributed by atoms with Crippen molar-refractivity contribution < 1.29 is 14.4 Å². The fraction of sp³-hybridized carbons (Fsp3) is 0.214. The number of carbonyl (C=O) groups excluding carboxylic acids is 3. The molecule has 1 aliphatic rings. The molecule has 0 radical (unpaired) electrons. The molecule has 1 aliphatic heterocycles. The normalized spacial score (nSPS) is 13.9. The number of aromatic nitrogens is 2. The van der Waals surface area contributed by atoms with Crippen molar-refractivity contribution in [2.24, 2.45) is 0 Å². The second-order valence-corrected chi connectivity index (χ2v) is 9.89. The third kappa shape index (κ3) is 5.17. The van der Waals surface area contributed by atoms with Gasteiger partial charge in [-0.05, 0) is 53.8 Å². The number of piperazine rings is 1. The molecule has 188 valence electrons. The van der Waals surface area contributed by atoms with Crippen LogP contribution in [0.1, 0.15) is 43.8 Å². The summed E-state index contributed by atoms with van der Waals surface area (Å²) in [6.45, 7) is 5.42. The maximum atomic E-state index is 13.3. The number of hydrogen-bond donors (Lipinski definition) is 2. The number of benzene rings is 2. The van der Waals surface area contributed by atoms with Gasteiger partial charge >= 0.3 is 0 Å². The standard InChI is InChI=1S/C28H27N5O3S/c1-18-11-16-37-26(18)27(35)29-25-17-21(28(36)33-14-12-32(13-15-33)19(2)34)8-7-20(25)9-10-24-22-5-3-4-6-23(22)30-31-24/h3-11,16-17H,12-15H2,1-2H3,(H,29,35)(H,30,31)/b10-9+. The van der Waals surface area contributed by atoms with Gasteiger partial charge in [-0.25, -0.2) is 0 Å². The first-order valence-corrected chi connectivity index (χ1v) is 12.9. The lowest BCUT2D eigenvalue weighted by Gasteiger charge is -2.34. The summed E-state index contributed by atoms with van der Waals surface area (Å²) in [7, 11) is 0. The number of aromatic amines is 1. The number of nitrogens with one attached hydrogen (secondary N) is 2. The molecule has 1 fully saturated rings. The van der Waals surface area contributed by atoms with Crippen molar-refractivity contribution >= 4 is 57.8 Å². The predicted octanol–water partition coefficient (Wildman–Crippen LogP) is 4.66. The maximum absolute atomic E-state index is 13.3. The summed E-state index contributed by atoms with van der Waals surface area (Å²) >= 11 is 1.38. The summed E-state index contributed by atoms with van der Waals surface area (Å²) in [4.78, 5) is 42.1. The summed E-state index contributed by atoms with van der Waals surface area (Å²) in [5.41, 5.74) is 4.41. The Morgan fingerprint density at radius 3 is 2.49 bits per heavy atom. The van der Waals surface area contributed by atoms with Gasteiger partial charge < -0.3 is 15.1 Å². The second-order valence-electron chi connectivity index (χ2n) is 8.97. The van der Waals surface area contributed by atoms with E-state index >= 15 is 0 Å². The van der Waals surface area contributed by atoms with E-state index in [0.717, 1.165) is 27.7 Å². The zero-order valence-electron chi connectivity index (χ0n) is 20.7. The topological polar surface area (TPSA) is 98.4 Å². The molecular weight excluding hydrogens is 486 g/mol. The lowest BCUT2D eigenvalue weighted by molar-refractivity contribution is -0.130. The van der Waals surface area contributed by atoms with Crippen molar-refractivity contribution in [1.82, 2.24) is 20.0 Å². The Bertz CT molecular complexity index is 1510. The Hall–Kier alpha value is -4.24. The number of nitrogens with zero attached hydrogens (tertiary/aromatic N) is 3. The van der Waals surface area contributed by atoms with E-state index in [1.54, 1.807) is 28.9 Å². The molecule has 1 saturated heterocycles. The molecule has 0 unspecified atom stereocenters. The summed E-state index contributed by atoms with van der Waals surface area (Å²) in [6.07, 6.45) is 3.78. The molecule has 9 heteroatoms. The van der Waals surface area contributed by atoms with E-state index in [-0.39, 0.29) is 17.7 Å². The molecule has 3 amide bonds. The number of aryl methyl sites for hydroxylation is 1. The van der Waals surface area contributed by atoms with E-state index in [4.69, 9.17) is 0 Å². The van der Waals surface area contributed by atoms with Gasteiger partial charge in [-0.1, -0.05) is 30.3 Å². The van der Waals surface area contributed by atoms with Crippen molar-refractivity contribution in [1.29, 1.82) is 0 Å². The van der Waals surface area contributed by atoms with E-state index in [2.05, 4.69) is 15.5 Å². The van der Waals surface area contributed by atoms with Crippen molar-refractivity contribution in [3.63, 3.8) is 0 Å². The van der Waals surface area contributed by atoms with Crippen LogP contribution in [0.5, 0.6) is 0 Å². The molecule has 2 aromatic carbocycles. The molecule has 0 spiro atoms. The number of anilines is 1. The number of hydrogen-bond acceptors (Lipinski definition) is 5. The van der Waals surface area contributed by atoms with Gasteiger partial charge in [0.2, 0.25) is 5.91 Å². The highest BCUT2D eigenvalue weighted by atomic mass is 32.1. The zero-order chi connectivity index (χ0) is 25.9. The van der Waals surface area contributed by atoms with E-state index in [9.17, 15) is 14.4 Å². The Labute approximate surface area is 218 Å². The van der Waals surface area contributed by atoms with Crippen molar-refractivity contribution in [3.8, 4) is 0 Å². The molecule has 0 atom stereocenters. The van der Waals surface area contributed by atoms with Crippen molar-refractivity contribution in [2.45, 2.75) is 13.8 Å². The summed E-state index contributed by atoms with van der Waals surface area (Å²) in [5.74, 6) is -0.325. The quantitative estimate of drug-likeness (QED) is 0.406. The number of H-pyrrole nitrogens is 1. The maximum Gasteiger partial charge on any atom is 0.266 e. The molecule has 5 rings (SSSR count). The lowest BCUT2D eigenvalue weighted by atomic mass is 10.1. The number of fused-ring (bicyclic) bond motifs is 1. The van der Waals surface area contributed by atoms with Crippen LogP contribution in [-0.4, -0.2) is 63.9 Å². The molecule has 0 aliphatic carbocycles. The van der Waals surface area contributed by atoms with Crippen LogP contribution < -0.4 is 5.32 Å². The third-order valence-corrected chi connectivity index (χ3v) is 7.56. The van der Waals surface area contributed by atoms with E-state index in [1.807, 2.05) is 60.9 Å². The first-order valence-electron chi connectivity index (χ1n) is 12.1. The molecule has 4 aromatic rings. The van der Waals surface area contributed by atoms with Gasteiger partial charge in [0.15, 0.2) is 0 Å². The fourth-order valence-corrected chi connectivity index (χ4v) is 5.24. The third-order valence-electron chi connectivity index (χ3n) is 6.55. The minimum Gasteiger partial charge on any atom is -0.339 e. The highest BCUT2D eigenvalue weighted by Crippen LogP contribution is 2.26. The van der Waals surface area contributed by atoms with Crippen LogP contribution >= 0.6 is 11.3 Å². The zero-order valence-corrected chi connectivity index (χ0v) is 21.5. The average molecular weight is 514 g/mol. The summed E-state index contributed by atoms with van der Waals surface area (Å²) < 4.78 is 0. The van der Waals surface area contributed by atoms with Crippen LogP contribution in [0.15, 0.2) is 53.9 Å². The van der Waals surface area contributed by atoms with Crippen LogP contribution in [0.25, 0.3) is 23.1 Å². The highest BCUT2D eigenvalue weighted by Gasteiger charge is 2.24. The van der Waals surface area contributed by atoms with Crippen LogP contribution in [0.4, 0.5) is 5.69 Å². The van der Waals surface area contributed by atoms with Crippen LogP contribution in [-0.2, 0) is 4.79 Å². The SMILES string of the molecule is CC(=O)N1CCN(C(=O)c2ccc(/C=C/c3n[nH]c4ccccc34)c(NC(=O)c3sccc3C)c2)CC1. The van der Waals surface area contributed by atoms with E-state index in [0.29, 0.717) is 42.3 Å². The molecule has 0 saturated carbocycles. The minimum atomic E-state index is -0.216. The van der Waals surface area contributed by atoms with Gasteiger partial charge in [0.25, 0.3) is 11.8 Å². The van der Waals surface area contributed by atoms with E-state index < -0.39 is 0 Å². The molecule has 37 heavy (non-hydrogen) atoms. The Kier molecular flexibility index (Phi) is 6.87. The molecule has 8 nitrogen and oxygen atoms in total. The Balaban J connectivity index is 1.44. The lowest BCUT2D eigenvalue weighted by Crippen LogP contribution is -2.50. The van der Waals surface area contributed by atoms with Crippen molar-refractivity contribution in [2.75, 3.05) is 31.5 Å². The van der Waals surface area contributed by atoms with Gasteiger partial charge in [0.1, 0.15) is 0 Å². The predicted molar refractivity (Wildman–Crippen MR) is 147 cm³/mol. The smallest absolute Gasteiger partial charge is 0.266 e. The fourth-order valence-electron chi connectivity index (χ4n) is 4.41. The van der Waals surface area contributed by atoms with Gasteiger partial charge in [0.05, 0.1) is 16.1 Å². The van der Waals surface area contributed by atoms with Crippen LogP contribution in [0.2, 0.25) is 0 Å². The molecule has 3 heterocycles. The number of para-hydroxylation sites is 1. The van der Waals surface area contributed by atoms with E-state index in [1.165, 1.54) is 11.3 Å². The largest absolute Gasteiger partial charge is 0.339 e. The highest BCUT2D eigenvalue weighted by molar-refractivity contribution is 7.12. The summed E-state index contributed by atoms with van der Waals surface area (Å²) in [6, 6.07) is 15.1. The first-order chi connectivity index (χ1) is 17.9. The number of rotatable bonds is 5. The van der Waals surface area contributed by atoms with Crippen molar-refractivity contribution in [3.05, 3.63) is 81.2 Å². The first kappa shape index (κ1) is 24.5. The van der Waals surface area contributed by atoms with Gasteiger partial charge in [-0.2, -0.15) is 5.10 Å². The Morgan fingerprint density at radius 1 is 1.00 bits per heavy atom. The summed E-state index contributed by atoms with van der Waals surface area (Å²) in [5, 5.41) is 13.3. The van der Waals surface area contributed by atoms with Crippen LogP contribution in [0, 0.1) is 6.92 Å². The second kappa shape index (κ2) is 10.4. The Morgan fingerprint density at radius 2 is 1.76 bits per heavy atom. The van der Waals surface area contributed by atoms with Gasteiger partial charge in [-0.15, -0.1) is 11.3 Å². The molecule has 2 aromatic heterocycles. The van der Waals surface area contributed by atoms with Crippen LogP contribution in [0.3, 0.4) is 0 Å². The number of thiophene rings is 1. The number of carbonyl (C=O) groups is 3. The molecule has 2 N–H and O–H groups in total. The molecule has 0 bridgehead atoms. The minimum absolute atomic E-state index is 0.0156. The monoisotopic (exact) mass is 513 g/mol.